The van der Waals surface area contributed by atoms with Crippen LogP contribution in [0.15, 0.2) is 17.5 Å². The van der Waals surface area contributed by atoms with Crippen LogP contribution in [-0.2, 0) is 11.3 Å². The number of nitrogens with zero attached hydrogens (tertiary/aromatic N) is 1. The summed E-state index contributed by atoms with van der Waals surface area (Å²) in [7, 11) is 0. The summed E-state index contributed by atoms with van der Waals surface area (Å²) in [6.07, 6.45) is 10.6. The van der Waals surface area contributed by atoms with Crippen LogP contribution in [0.1, 0.15) is 69.6 Å². The molecule has 0 unspecified atom stereocenters. The predicted octanol–water partition coefficient (Wildman–Crippen LogP) is 4.58. The van der Waals surface area contributed by atoms with Crippen molar-refractivity contribution in [3.8, 4) is 0 Å². The molecule has 3 nitrogen and oxygen atoms in total. The van der Waals surface area contributed by atoms with Crippen LogP contribution in [0.5, 0.6) is 0 Å². The van der Waals surface area contributed by atoms with E-state index in [0.717, 1.165) is 31.8 Å². The van der Waals surface area contributed by atoms with E-state index in [2.05, 4.69) is 34.7 Å². The van der Waals surface area contributed by atoms with E-state index < -0.39 is 0 Å². The molecule has 2 aliphatic heterocycles. The fourth-order valence-corrected chi connectivity index (χ4v) is 6.78. The average Bonchev–Trinajstić information content (AvgIpc) is 3.25. The first-order valence-electron chi connectivity index (χ1n) is 10.3. The Morgan fingerprint density at radius 2 is 2.24 bits per heavy atom. The van der Waals surface area contributed by atoms with Gasteiger partial charge in [-0.15, -0.1) is 11.3 Å². The fraction of sp³-hybridized carbons (Fsp3) is 0.762. The largest absolute Gasteiger partial charge is 0.337 e. The first kappa shape index (κ1) is 17.5. The molecule has 0 radical (unpaired) electrons. The second kappa shape index (κ2) is 7.40. The van der Waals surface area contributed by atoms with E-state index in [4.69, 9.17) is 0 Å². The monoisotopic (exact) mass is 360 g/mol. The predicted molar refractivity (Wildman–Crippen MR) is 104 cm³/mol. The number of hydrogen-bond acceptors (Lipinski definition) is 3. The Hall–Kier alpha value is -0.870. The van der Waals surface area contributed by atoms with Gasteiger partial charge in [0.25, 0.3) is 0 Å². The molecule has 4 atom stereocenters. The summed E-state index contributed by atoms with van der Waals surface area (Å²) in [5.41, 5.74) is 0.203. The summed E-state index contributed by atoms with van der Waals surface area (Å²) in [5, 5.41) is 6.08. The minimum absolute atomic E-state index is 0.203. The van der Waals surface area contributed by atoms with Crippen LogP contribution < -0.4 is 5.32 Å². The Labute approximate surface area is 156 Å². The van der Waals surface area contributed by atoms with Gasteiger partial charge in [0.1, 0.15) is 0 Å². The molecule has 1 aromatic heterocycles. The van der Waals surface area contributed by atoms with E-state index in [1.165, 1.54) is 49.8 Å². The van der Waals surface area contributed by atoms with Gasteiger partial charge in [0.2, 0.25) is 5.91 Å². The maximum Gasteiger partial charge on any atom is 0.223 e. The second-order valence-electron chi connectivity index (χ2n) is 8.31. The number of amides is 1. The lowest BCUT2D eigenvalue weighted by Gasteiger charge is -2.53. The van der Waals surface area contributed by atoms with Crippen LogP contribution in [0.4, 0.5) is 0 Å². The van der Waals surface area contributed by atoms with Gasteiger partial charge in [-0.05, 0) is 68.2 Å². The van der Waals surface area contributed by atoms with Gasteiger partial charge in [0.15, 0.2) is 0 Å². The quantitative estimate of drug-likeness (QED) is 0.834. The summed E-state index contributed by atoms with van der Waals surface area (Å²) in [4.78, 5) is 16.5. The summed E-state index contributed by atoms with van der Waals surface area (Å²) >= 11 is 1.85. The number of carbonyl (C=O) groups is 1. The minimum atomic E-state index is 0.203. The van der Waals surface area contributed by atoms with Crippen molar-refractivity contribution in [3.63, 3.8) is 0 Å². The summed E-state index contributed by atoms with van der Waals surface area (Å²) < 4.78 is 0. The van der Waals surface area contributed by atoms with Gasteiger partial charge in [-0.25, -0.2) is 0 Å². The smallest absolute Gasteiger partial charge is 0.223 e. The lowest BCUT2D eigenvalue weighted by molar-refractivity contribution is -0.138. The molecule has 0 aromatic carbocycles. The maximum atomic E-state index is 12.7. The molecule has 138 valence electrons. The van der Waals surface area contributed by atoms with E-state index >= 15 is 0 Å². The lowest BCUT2D eigenvalue weighted by Crippen LogP contribution is -2.59. The molecule has 0 bridgehead atoms. The molecule has 25 heavy (non-hydrogen) atoms. The highest BCUT2D eigenvalue weighted by atomic mass is 32.1. The molecule has 1 N–H and O–H groups in total. The lowest BCUT2D eigenvalue weighted by atomic mass is 9.61. The molecule has 1 aromatic rings. The number of carbonyl (C=O) groups excluding carboxylic acids is 1. The van der Waals surface area contributed by atoms with Crippen LogP contribution in [0.3, 0.4) is 0 Å². The van der Waals surface area contributed by atoms with Crippen LogP contribution >= 0.6 is 11.3 Å². The Balaban J connectivity index is 1.56. The Morgan fingerprint density at radius 1 is 1.32 bits per heavy atom. The molecular weight excluding hydrogens is 328 g/mol. The number of nitrogens with one attached hydrogen (secondary N) is 1. The summed E-state index contributed by atoms with van der Waals surface area (Å²) in [6.45, 7) is 4.35. The van der Waals surface area contributed by atoms with Crippen molar-refractivity contribution < 1.29 is 4.79 Å². The van der Waals surface area contributed by atoms with E-state index in [1.54, 1.807) is 0 Å². The first-order chi connectivity index (χ1) is 12.2. The topological polar surface area (TPSA) is 32.3 Å². The van der Waals surface area contributed by atoms with E-state index in [-0.39, 0.29) is 5.54 Å². The average molecular weight is 361 g/mol. The van der Waals surface area contributed by atoms with Crippen molar-refractivity contribution in [1.29, 1.82) is 0 Å². The van der Waals surface area contributed by atoms with Gasteiger partial charge in [-0.2, -0.15) is 0 Å². The van der Waals surface area contributed by atoms with Gasteiger partial charge in [-0.1, -0.05) is 19.4 Å². The highest BCUT2D eigenvalue weighted by molar-refractivity contribution is 7.09. The molecule has 4 heteroatoms. The SMILES string of the molecule is CCC[C@H]1[C@@H](NCc2cccs2)CC[C@@]23CCCN2C(=O)CCC[C@@H]13. The highest BCUT2D eigenvalue weighted by Crippen LogP contribution is 2.52. The molecule has 3 fully saturated rings. The summed E-state index contributed by atoms with van der Waals surface area (Å²) in [5.74, 6) is 1.88. The Morgan fingerprint density at radius 3 is 3.04 bits per heavy atom. The normalized spacial score (nSPS) is 35.3. The van der Waals surface area contributed by atoms with E-state index in [0.29, 0.717) is 17.9 Å². The zero-order valence-electron chi connectivity index (χ0n) is 15.5. The molecule has 2 saturated heterocycles. The van der Waals surface area contributed by atoms with Gasteiger partial charge in [0.05, 0.1) is 0 Å². The van der Waals surface area contributed by atoms with Crippen molar-refractivity contribution in [1.82, 2.24) is 10.2 Å². The van der Waals surface area contributed by atoms with Gasteiger partial charge in [-0.3, -0.25) is 4.79 Å². The van der Waals surface area contributed by atoms with Gasteiger partial charge in [0, 0.05) is 36.0 Å². The molecule has 3 aliphatic rings. The Kier molecular flexibility index (Phi) is 5.19. The molecule has 3 heterocycles. The Bertz CT molecular complexity index is 587. The van der Waals surface area contributed by atoms with Crippen molar-refractivity contribution >= 4 is 17.2 Å². The fourth-order valence-electron chi connectivity index (χ4n) is 6.13. The van der Waals surface area contributed by atoms with Crippen LogP contribution in [0.2, 0.25) is 0 Å². The molecule has 1 saturated carbocycles. The third-order valence-corrected chi connectivity index (χ3v) is 7.96. The zero-order valence-corrected chi connectivity index (χ0v) is 16.3. The van der Waals surface area contributed by atoms with Crippen LogP contribution in [0, 0.1) is 11.8 Å². The number of rotatable bonds is 5. The first-order valence-corrected chi connectivity index (χ1v) is 11.2. The van der Waals surface area contributed by atoms with Crippen molar-refractivity contribution in [2.45, 2.75) is 82.8 Å². The molecule has 1 amide bonds. The molecule has 1 spiro atoms. The van der Waals surface area contributed by atoms with Crippen LogP contribution in [-0.4, -0.2) is 28.9 Å². The molecule has 4 rings (SSSR count). The minimum Gasteiger partial charge on any atom is -0.337 e. The van der Waals surface area contributed by atoms with Gasteiger partial charge < -0.3 is 10.2 Å². The van der Waals surface area contributed by atoms with Crippen molar-refractivity contribution in [2.75, 3.05) is 6.54 Å². The number of hydrogen-bond donors (Lipinski definition) is 1. The maximum absolute atomic E-state index is 12.7. The van der Waals surface area contributed by atoms with Crippen molar-refractivity contribution in [3.05, 3.63) is 22.4 Å². The highest BCUT2D eigenvalue weighted by Gasteiger charge is 2.55. The van der Waals surface area contributed by atoms with Crippen molar-refractivity contribution in [2.24, 2.45) is 11.8 Å². The second-order valence-corrected chi connectivity index (χ2v) is 9.34. The standard InChI is InChI=1S/C21H32N2OS/c1-2-6-17-18-8-3-9-20(24)23-13-5-11-21(18,23)12-10-19(17)22-15-16-7-4-14-25-16/h4,7,14,17-19,22H,2-3,5-6,8-13,15H2,1H3/t17-,18+,19+,21-/m1/s1. The third-order valence-electron chi connectivity index (χ3n) is 7.09. The van der Waals surface area contributed by atoms with Gasteiger partial charge >= 0.3 is 0 Å². The number of thiophene rings is 1. The summed E-state index contributed by atoms with van der Waals surface area (Å²) in [6, 6.07) is 5.00. The van der Waals surface area contributed by atoms with E-state index in [9.17, 15) is 4.79 Å². The van der Waals surface area contributed by atoms with Crippen LogP contribution in [0.25, 0.3) is 0 Å². The third kappa shape index (κ3) is 3.16. The zero-order chi connectivity index (χ0) is 17.3. The van der Waals surface area contributed by atoms with E-state index in [1.807, 2.05) is 11.3 Å². The molecule has 1 aliphatic carbocycles. The molecular formula is C21H32N2OS.